The van der Waals surface area contributed by atoms with Crippen LogP contribution in [0, 0.1) is 0 Å². The van der Waals surface area contributed by atoms with E-state index in [-0.39, 0.29) is 5.71 Å². The van der Waals surface area contributed by atoms with Crippen molar-refractivity contribution in [2.45, 2.75) is 13.5 Å². The Morgan fingerprint density at radius 2 is 2.07 bits per heavy atom. The van der Waals surface area contributed by atoms with Crippen LogP contribution in [0.5, 0.6) is 0 Å². The molecule has 2 N–H and O–H groups in total. The predicted molar refractivity (Wildman–Crippen MR) is 53.5 cm³/mol. The van der Waals surface area contributed by atoms with E-state index in [1.54, 1.807) is 0 Å². The number of nitrogens with zero attached hydrogens (tertiary/aromatic N) is 1. The lowest BCUT2D eigenvalue weighted by Gasteiger charge is -1.99. The number of rotatable bonds is 4. The summed E-state index contributed by atoms with van der Waals surface area (Å²) in [6.07, 6.45) is 0. The Morgan fingerprint density at radius 1 is 1.43 bits per heavy atom. The second-order valence-corrected chi connectivity index (χ2v) is 2.80. The summed E-state index contributed by atoms with van der Waals surface area (Å²) in [4.78, 5) is 15.5. The zero-order valence-corrected chi connectivity index (χ0v) is 7.93. The molecule has 0 atom stereocenters. The van der Waals surface area contributed by atoms with Crippen LogP contribution >= 0.6 is 0 Å². The highest BCUT2D eigenvalue weighted by Gasteiger charge is 1.98. The molecule has 0 aliphatic rings. The molecule has 1 amide bonds. The van der Waals surface area contributed by atoms with Crippen molar-refractivity contribution in [1.29, 1.82) is 0 Å². The average Bonchev–Trinajstić information content (AvgIpc) is 2.19. The van der Waals surface area contributed by atoms with Crippen LogP contribution in [-0.4, -0.2) is 11.6 Å². The largest absolute Gasteiger partial charge is 0.391 e. The first-order valence-electron chi connectivity index (χ1n) is 4.20. The van der Waals surface area contributed by atoms with Gasteiger partial charge in [-0.2, -0.15) is 0 Å². The SMILES string of the molecule is C/C(=N\OCc1ccccc1)C(N)=O. The number of carbonyl (C=O) groups is 1. The standard InChI is InChI=1S/C10H12N2O2/c1-8(10(11)13)12-14-7-9-5-3-2-4-6-9/h2-6H,7H2,1H3,(H2,11,13)/b12-8+. The van der Waals surface area contributed by atoms with Gasteiger partial charge in [0.2, 0.25) is 0 Å². The van der Waals surface area contributed by atoms with Gasteiger partial charge in [-0.25, -0.2) is 0 Å². The van der Waals surface area contributed by atoms with Gasteiger partial charge in [0.05, 0.1) is 0 Å². The molecule has 0 unspecified atom stereocenters. The molecule has 0 bridgehead atoms. The number of oxime groups is 1. The molecule has 0 heterocycles. The summed E-state index contributed by atoms with van der Waals surface area (Å²) in [5, 5.41) is 3.56. The van der Waals surface area contributed by atoms with Crippen molar-refractivity contribution in [1.82, 2.24) is 0 Å². The van der Waals surface area contributed by atoms with E-state index in [0.717, 1.165) is 5.56 Å². The molecule has 1 aromatic rings. The van der Waals surface area contributed by atoms with Crippen LogP contribution in [-0.2, 0) is 16.2 Å². The number of hydrogen-bond donors (Lipinski definition) is 1. The number of carbonyl (C=O) groups excluding carboxylic acids is 1. The second kappa shape index (κ2) is 5.01. The van der Waals surface area contributed by atoms with E-state index in [9.17, 15) is 4.79 Å². The molecular formula is C10H12N2O2. The van der Waals surface area contributed by atoms with E-state index in [2.05, 4.69) is 5.16 Å². The normalized spacial score (nSPS) is 11.1. The number of benzene rings is 1. The summed E-state index contributed by atoms with van der Waals surface area (Å²) in [5.41, 5.74) is 6.13. The van der Waals surface area contributed by atoms with Gasteiger partial charge in [-0.3, -0.25) is 4.79 Å². The van der Waals surface area contributed by atoms with Crippen molar-refractivity contribution >= 4 is 11.6 Å². The molecule has 0 spiro atoms. The molecule has 4 heteroatoms. The van der Waals surface area contributed by atoms with E-state index < -0.39 is 5.91 Å². The third-order valence-electron chi connectivity index (χ3n) is 1.63. The Bertz CT molecular complexity index is 333. The maximum atomic E-state index is 10.6. The summed E-state index contributed by atoms with van der Waals surface area (Å²) in [6, 6.07) is 9.55. The monoisotopic (exact) mass is 192 g/mol. The number of hydrogen-bond acceptors (Lipinski definition) is 3. The molecule has 0 aliphatic heterocycles. The first-order chi connectivity index (χ1) is 6.70. The highest BCUT2D eigenvalue weighted by Crippen LogP contribution is 2.00. The molecule has 1 rings (SSSR count). The molecule has 0 aliphatic carbocycles. The minimum atomic E-state index is -0.571. The molecule has 14 heavy (non-hydrogen) atoms. The zero-order chi connectivity index (χ0) is 10.4. The van der Waals surface area contributed by atoms with E-state index in [1.165, 1.54) is 6.92 Å². The lowest BCUT2D eigenvalue weighted by molar-refractivity contribution is -0.112. The third-order valence-corrected chi connectivity index (χ3v) is 1.63. The zero-order valence-electron chi connectivity index (χ0n) is 7.93. The molecule has 0 saturated carbocycles. The van der Waals surface area contributed by atoms with Crippen LogP contribution < -0.4 is 5.73 Å². The second-order valence-electron chi connectivity index (χ2n) is 2.80. The van der Waals surface area contributed by atoms with E-state index >= 15 is 0 Å². The highest BCUT2D eigenvalue weighted by atomic mass is 16.6. The molecule has 0 aromatic heterocycles. The van der Waals surface area contributed by atoms with Gasteiger partial charge in [0.25, 0.3) is 5.91 Å². The average molecular weight is 192 g/mol. The van der Waals surface area contributed by atoms with Gasteiger partial charge in [-0.05, 0) is 12.5 Å². The first kappa shape index (κ1) is 10.2. The van der Waals surface area contributed by atoms with Crippen LogP contribution in [0.2, 0.25) is 0 Å². The van der Waals surface area contributed by atoms with Gasteiger partial charge in [0.15, 0.2) is 0 Å². The fourth-order valence-electron chi connectivity index (χ4n) is 0.823. The van der Waals surface area contributed by atoms with Crippen molar-refractivity contribution in [3.8, 4) is 0 Å². The van der Waals surface area contributed by atoms with Crippen molar-refractivity contribution in [3.63, 3.8) is 0 Å². The lowest BCUT2D eigenvalue weighted by Crippen LogP contribution is -2.20. The van der Waals surface area contributed by atoms with Crippen LogP contribution in [0.1, 0.15) is 12.5 Å². The van der Waals surface area contributed by atoms with E-state index in [4.69, 9.17) is 10.6 Å². The molecule has 0 fully saturated rings. The lowest BCUT2D eigenvalue weighted by atomic mass is 10.2. The number of primary amides is 1. The molecular weight excluding hydrogens is 180 g/mol. The Hall–Kier alpha value is -1.84. The maximum Gasteiger partial charge on any atom is 0.266 e. The quantitative estimate of drug-likeness (QED) is 0.572. The van der Waals surface area contributed by atoms with Crippen LogP contribution in [0.4, 0.5) is 0 Å². The molecule has 74 valence electrons. The molecule has 4 nitrogen and oxygen atoms in total. The van der Waals surface area contributed by atoms with Gasteiger partial charge in [0, 0.05) is 0 Å². The van der Waals surface area contributed by atoms with Gasteiger partial charge < -0.3 is 10.6 Å². The smallest absolute Gasteiger partial charge is 0.266 e. The molecule has 0 radical (unpaired) electrons. The number of amides is 1. The van der Waals surface area contributed by atoms with Gasteiger partial charge in [0.1, 0.15) is 12.3 Å². The topological polar surface area (TPSA) is 64.7 Å². The maximum absolute atomic E-state index is 10.6. The Balaban J connectivity index is 2.43. The van der Waals surface area contributed by atoms with Crippen LogP contribution in [0.25, 0.3) is 0 Å². The van der Waals surface area contributed by atoms with Crippen molar-refractivity contribution < 1.29 is 9.63 Å². The van der Waals surface area contributed by atoms with Crippen molar-refractivity contribution in [2.75, 3.05) is 0 Å². The van der Waals surface area contributed by atoms with Crippen LogP contribution in [0.15, 0.2) is 35.5 Å². The van der Waals surface area contributed by atoms with Crippen LogP contribution in [0.3, 0.4) is 0 Å². The number of nitrogens with two attached hydrogens (primary N) is 1. The highest BCUT2D eigenvalue weighted by molar-refractivity contribution is 6.37. The first-order valence-corrected chi connectivity index (χ1v) is 4.20. The van der Waals surface area contributed by atoms with Gasteiger partial charge in [-0.1, -0.05) is 35.5 Å². The Kier molecular flexibility index (Phi) is 3.67. The fourth-order valence-corrected chi connectivity index (χ4v) is 0.823. The minimum Gasteiger partial charge on any atom is -0.391 e. The summed E-state index contributed by atoms with van der Waals surface area (Å²) in [6.45, 7) is 1.85. The van der Waals surface area contributed by atoms with Crippen molar-refractivity contribution in [2.24, 2.45) is 10.9 Å². The van der Waals surface area contributed by atoms with Gasteiger partial charge in [-0.15, -0.1) is 0 Å². The predicted octanol–water partition coefficient (Wildman–Crippen LogP) is 1.06. The Morgan fingerprint density at radius 3 is 2.64 bits per heavy atom. The fraction of sp³-hybridized carbons (Fsp3) is 0.200. The van der Waals surface area contributed by atoms with Gasteiger partial charge >= 0.3 is 0 Å². The Labute approximate surface area is 82.4 Å². The van der Waals surface area contributed by atoms with E-state index in [1.807, 2.05) is 30.3 Å². The molecule has 0 saturated heterocycles. The minimum absolute atomic E-state index is 0.168. The summed E-state index contributed by atoms with van der Waals surface area (Å²) in [7, 11) is 0. The summed E-state index contributed by atoms with van der Waals surface area (Å²) >= 11 is 0. The summed E-state index contributed by atoms with van der Waals surface area (Å²) in [5.74, 6) is -0.571. The molecule has 1 aromatic carbocycles. The summed E-state index contributed by atoms with van der Waals surface area (Å²) < 4.78 is 0. The third kappa shape index (κ3) is 3.26. The van der Waals surface area contributed by atoms with Crippen molar-refractivity contribution in [3.05, 3.63) is 35.9 Å². The van der Waals surface area contributed by atoms with E-state index in [0.29, 0.717) is 6.61 Å².